The number of likely N-dealkylation sites (N-methyl/N-ethyl adjacent to an activating group) is 2. The number of amides is 6. The van der Waals surface area contributed by atoms with Crippen molar-refractivity contribution in [2.75, 3.05) is 66.5 Å². The van der Waals surface area contributed by atoms with E-state index in [1.54, 1.807) is 43.5 Å². The first-order chi connectivity index (χ1) is 40.8. The number of ether oxygens (including phenoxy) is 2. The summed E-state index contributed by atoms with van der Waals surface area (Å²) in [6.45, 7) is 14.7. The summed E-state index contributed by atoms with van der Waals surface area (Å²) in [6.07, 6.45) is 1.06. The lowest BCUT2D eigenvalue weighted by atomic mass is 9.84. The molecule has 6 amide bonds. The minimum absolute atomic E-state index is 0.00179. The number of thiol groups is 1. The van der Waals surface area contributed by atoms with E-state index in [-0.39, 0.29) is 84.8 Å². The number of thioether (sulfide) groups is 1. The lowest BCUT2D eigenvalue weighted by Gasteiger charge is -2.41. The molecule has 0 aromatic heterocycles. The topological polar surface area (TPSA) is 191 Å². The van der Waals surface area contributed by atoms with Crippen molar-refractivity contribution in [1.29, 1.82) is 0 Å². The molecule has 10 atom stereocenters. The van der Waals surface area contributed by atoms with Crippen molar-refractivity contribution in [2.24, 2.45) is 28.7 Å². The zero-order valence-corrected chi connectivity index (χ0v) is 53.7. The van der Waals surface area contributed by atoms with E-state index >= 15 is 0 Å². The van der Waals surface area contributed by atoms with Gasteiger partial charge in [-0.15, -0.1) is 11.8 Å². The van der Waals surface area contributed by atoms with E-state index in [1.165, 1.54) is 0 Å². The number of methoxy groups -OCH3 is 2. The van der Waals surface area contributed by atoms with Crippen molar-refractivity contribution in [3.63, 3.8) is 0 Å². The van der Waals surface area contributed by atoms with Crippen LogP contribution in [-0.4, -0.2) is 159 Å². The van der Waals surface area contributed by atoms with E-state index in [9.17, 15) is 28.8 Å². The Morgan fingerprint density at radius 3 is 1.82 bits per heavy atom. The van der Waals surface area contributed by atoms with Gasteiger partial charge in [0, 0.05) is 64.4 Å². The van der Waals surface area contributed by atoms with Gasteiger partial charge in [-0.2, -0.15) is 10.9 Å². The van der Waals surface area contributed by atoms with Crippen LogP contribution in [0.3, 0.4) is 0 Å². The fourth-order valence-electron chi connectivity index (χ4n) is 12.0. The van der Waals surface area contributed by atoms with Gasteiger partial charge in [0.1, 0.15) is 11.7 Å². The van der Waals surface area contributed by atoms with Crippen LogP contribution in [0, 0.1) is 23.7 Å². The molecule has 2 heterocycles. The largest absolute Gasteiger partial charge is 0.379 e. The van der Waals surface area contributed by atoms with Crippen molar-refractivity contribution in [1.82, 2.24) is 36.0 Å². The van der Waals surface area contributed by atoms with Gasteiger partial charge in [0.25, 0.3) is 5.91 Å². The molecule has 85 heavy (non-hydrogen) atoms. The van der Waals surface area contributed by atoms with Crippen molar-refractivity contribution >= 4 is 63.6 Å². The van der Waals surface area contributed by atoms with Gasteiger partial charge in [-0.3, -0.25) is 33.7 Å². The van der Waals surface area contributed by atoms with Gasteiger partial charge in [0.15, 0.2) is 0 Å². The first kappa shape index (κ1) is 67.8. The van der Waals surface area contributed by atoms with Crippen LogP contribution in [0.5, 0.6) is 0 Å². The van der Waals surface area contributed by atoms with E-state index in [0.717, 1.165) is 28.7 Å². The van der Waals surface area contributed by atoms with Crippen LogP contribution >= 0.6 is 22.7 Å². The molecule has 2 aliphatic heterocycles. The second-order valence-corrected chi connectivity index (χ2v) is 26.6. The van der Waals surface area contributed by atoms with Crippen LogP contribution in [0.15, 0.2) is 137 Å². The quantitative estimate of drug-likeness (QED) is 0.0180. The highest BCUT2D eigenvalue weighted by Gasteiger charge is 2.44. The molecule has 0 radical (unpaired) electrons. The third kappa shape index (κ3) is 17.7. The molecule has 0 aliphatic carbocycles. The third-order valence-electron chi connectivity index (χ3n) is 16.6. The molecule has 18 heteroatoms. The average molecular weight is 1200 g/mol. The number of carbonyl (C=O) groups is 6. The number of carbonyl (C=O) groups excluding carboxylic acids is 6. The Labute approximate surface area is 512 Å². The van der Waals surface area contributed by atoms with Crippen LogP contribution in [0.4, 0.5) is 0 Å². The highest BCUT2D eigenvalue weighted by molar-refractivity contribution is 8.31. The molecule has 4 aromatic carbocycles. The van der Waals surface area contributed by atoms with E-state index in [0.29, 0.717) is 30.9 Å². The molecule has 0 spiro atoms. The Morgan fingerprint density at radius 2 is 1.31 bits per heavy atom. The lowest BCUT2D eigenvalue weighted by molar-refractivity contribution is -0.148. The van der Waals surface area contributed by atoms with Crippen LogP contribution in [0.1, 0.15) is 109 Å². The Hall–Kier alpha value is -6.31. The highest BCUT2D eigenvalue weighted by atomic mass is 32.2. The predicted molar refractivity (Wildman–Crippen MR) is 345 cm³/mol. The molecular formula is C67H94N8O8S2. The molecular weight excluding hydrogens is 1110 g/mol. The van der Waals surface area contributed by atoms with Crippen LogP contribution in [0.25, 0.3) is 0 Å². The average Bonchev–Trinajstić information content (AvgIpc) is 2.37. The molecule has 0 saturated carbocycles. The highest BCUT2D eigenvalue weighted by Crippen LogP contribution is 2.48. The standard InChI is InChI=1S/C67H94N8O8S2/c1-13-47(6)61(74(10)66(81)59(45(2)3)72-65(80)60(46(4)5)73(8)9)56(82-11)41-58(77)75-39-26-35-55(75)62(83-12)48(7)63(78)71-53(49-27-18-14-19-28-49)42-85-43-54(70-44-85)64(79)69-38-37-68-57(76)36-40-84-67(50-29-20-15-21-30-50,51-31-22-16-23-32-51)52-33-24-17-25-34-52/h14-25,27-34,43-48,53,55-56,59-62,85H,13,26,35-42H2,1-12H3,(H,68,76)(H,69,79)(H,71,78)(H,72,80)/t47-,48-,53+,55-,56+,59-,60-,61-,62+/m0/s1. The molecule has 1 fully saturated rings. The lowest BCUT2D eigenvalue weighted by Crippen LogP contribution is -2.59. The van der Waals surface area contributed by atoms with Gasteiger partial charge in [-0.1, -0.05) is 176 Å². The van der Waals surface area contributed by atoms with Crippen molar-refractivity contribution in [3.05, 3.63) is 155 Å². The Morgan fingerprint density at radius 1 is 0.741 bits per heavy atom. The molecule has 16 nitrogen and oxygen atoms in total. The van der Waals surface area contributed by atoms with Crippen molar-refractivity contribution in [3.8, 4) is 0 Å². The van der Waals surface area contributed by atoms with Crippen LogP contribution in [-0.2, 0) is 43.0 Å². The summed E-state index contributed by atoms with van der Waals surface area (Å²) in [4.78, 5) is 93.8. The molecule has 1 unspecified atom stereocenters. The molecule has 6 rings (SSSR count). The maximum Gasteiger partial charge on any atom is 0.270 e. The molecule has 462 valence electrons. The van der Waals surface area contributed by atoms with Crippen LogP contribution in [0.2, 0.25) is 0 Å². The third-order valence-corrected chi connectivity index (χ3v) is 20.0. The fourth-order valence-corrected chi connectivity index (χ4v) is 15.3. The summed E-state index contributed by atoms with van der Waals surface area (Å²) in [6, 6.07) is 38.3. The maximum absolute atomic E-state index is 14.6. The van der Waals surface area contributed by atoms with Crippen molar-refractivity contribution in [2.45, 2.75) is 128 Å². The number of nitrogens with zero attached hydrogens (tertiary/aromatic N) is 4. The Kier molecular flexibility index (Phi) is 26.3. The second-order valence-electron chi connectivity index (χ2n) is 23.4. The maximum atomic E-state index is 14.6. The van der Waals surface area contributed by atoms with Gasteiger partial charge in [-0.25, -0.2) is 4.99 Å². The van der Waals surface area contributed by atoms with E-state index in [2.05, 4.69) is 62.7 Å². The molecule has 0 bridgehead atoms. The number of aliphatic imine (C=N–C) groups is 1. The van der Waals surface area contributed by atoms with Crippen molar-refractivity contribution < 1.29 is 38.2 Å². The SMILES string of the molecule is CC[C@H](C)[C@@H]([C@@H](CC(=O)N1CCC[C@H]1[C@H](OC)[C@H](C)C(=O)N[C@H](C[SH]1C=NC(C(=O)NCCNC(=O)CCSC(c2ccccc2)(c2ccccc2)c2ccccc2)=C1)c1ccccc1)OC)N(C)C(=O)[C@@H](NC(=O)[C@H](C(C)C)N(C)C)C(C)C. The summed E-state index contributed by atoms with van der Waals surface area (Å²) >= 11 is 1.73. The zero-order valence-electron chi connectivity index (χ0n) is 52.0. The van der Waals surface area contributed by atoms with Gasteiger partial charge < -0.3 is 40.5 Å². The second kappa shape index (κ2) is 33.0. The zero-order chi connectivity index (χ0) is 61.8. The number of hydrogen-bond acceptors (Lipinski definition) is 11. The fraction of sp³-hybridized carbons (Fsp3) is 0.507. The Balaban J connectivity index is 1.04. The summed E-state index contributed by atoms with van der Waals surface area (Å²) in [5.74, 6) is -1.15. The summed E-state index contributed by atoms with van der Waals surface area (Å²) in [7, 11) is 7.53. The molecule has 4 aromatic rings. The molecule has 4 N–H and O–H groups in total. The van der Waals surface area contributed by atoms with Gasteiger partial charge in [0.2, 0.25) is 29.5 Å². The number of likely N-dealkylation sites (tertiary alicyclic amines) is 1. The number of hydrogen-bond donors (Lipinski definition) is 5. The predicted octanol–water partition coefficient (Wildman–Crippen LogP) is 8.72. The van der Waals surface area contributed by atoms with E-state index < -0.39 is 64.0 Å². The van der Waals surface area contributed by atoms with Gasteiger partial charge >= 0.3 is 0 Å². The minimum Gasteiger partial charge on any atom is -0.379 e. The van der Waals surface area contributed by atoms with Gasteiger partial charge in [0.05, 0.1) is 53.5 Å². The normalized spacial score (nSPS) is 18.4. The monoisotopic (exact) mass is 1200 g/mol. The first-order valence-electron chi connectivity index (χ1n) is 30.1. The molecule has 1 saturated heterocycles. The molecule has 2 aliphatic rings. The summed E-state index contributed by atoms with van der Waals surface area (Å²) in [5.41, 5.74) is 6.37. The number of nitrogens with one attached hydrogen (secondary N) is 4. The Bertz CT molecular complexity index is 2740. The van der Waals surface area contributed by atoms with E-state index in [1.807, 2.05) is 163 Å². The van der Waals surface area contributed by atoms with E-state index in [4.69, 9.17) is 9.47 Å². The number of rotatable bonds is 32. The first-order valence-corrected chi connectivity index (χ1v) is 32.7. The summed E-state index contributed by atoms with van der Waals surface area (Å²) in [5, 5.41) is 14.1. The minimum atomic E-state index is -1.06. The number of benzene rings is 4. The smallest absolute Gasteiger partial charge is 0.270 e. The van der Waals surface area contributed by atoms with Gasteiger partial charge in [-0.05, 0) is 72.4 Å². The summed E-state index contributed by atoms with van der Waals surface area (Å²) < 4.78 is 11.7. The van der Waals surface area contributed by atoms with Crippen LogP contribution < -0.4 is 21.3 Å².